The second-order valence-corrected chi connectivity index (χ2v) is 10.6. The van der Waals surface area contributed by atoms with E-state index >= 15 is 0 Å². The molecule has 1 aliphatic rings. The number of carboxylic acid groups (broad SMARTS) is 1. The van der Waals surface area contributed by atoms with E-state index in [9.17, 15) is 13.2 Å². The highest BCUT2D eigenvalue weighted by atomic mass is 32.2. The number of carboxylic acids is 1. The molecule has 1 atom stereocenters. The quantitative estimate of drug-likeness (QED) is 0.543. The van der Waals surface area contributed by atoms with Crippen molar-refractivity contribution in [2.45, 2.75) is 37.2 Å². The molecule has 7 heteroatoms. The summed E-state index contributed by atoms with van der Waals surface area (Å²) < 4.78 is 33.3. The van der Waals surface area contributed by atoms with E-state index in [1.54, 1.807) is 12.1 Å². The van der Waals surface area contributed by atoms with Crippen LogP contribution in [0.5, 0.6) is 5.75 Å². The summed E-state index contributed by atoms with van der Waals surface area (Å²) in [5, 5.41) is 8.79. The number of sulfonamides is 1. The Bertz CT molecular complexity index is 1270. The van der Waals surface area contributed by atoms with Gasteiger partial charge in [0.1, 0.15) is 17.9 Å². The zero-order chi connectivity index (χ0) is 23.6. The minimum atomic E-state index is -3.92. The lowest BCUT2D eigenvalue weighted by Crippen LogP contribution is -2.43. The van der Waals surface area contributed by atoms with Crippen molar-refractivity contribution in [3.8, 4) is 16.9 Å². The van der Waals surface area contributed by atoms with Crippen LogP contribution in [0.3, 0.4) is 0 Å². The fourth-order valence-electron chi connectivity index (χ4n) is 4.21. The molecule has 172 valence electrons. The van der Waals surface area contributed by atoms with Gasteiger partial charge in [-0.15, -0.1) is 0 Å². The van der Waals surface area contributed by atoms with Crippen LogP contribution in [0.25, 0.3) is 11.1 Å². The van der Waals surface area contributed by atoms with Gasteiger partial charge in [0.25, 0.3) is 0 Å². The molecule has 0 radical (unpaired) electrons. The SMILES string of the molecule is CC1(C)Oc2ccc(S(=O)(=O)NCC(=O)O)cc2CC1Cc1cccc(-c2ccccc2)c1. The molecule has 1 unspecified atom stereocenters. The standard InChI is InChI=1S/C26H27NO5S/c1-26(2)22(14-18-7-6-10-20(13-18)19-8-4-3-5-9-19)15-21-16-23(11-12-24(21)32-26)33(30,31)27-17-25(28)29/h3-13,16,22,27H,14-15,17H2,1-2H3,(H,28,29). The summed E-state index contributed by atoms with van der Waals surface area (Å²) in [7, 11) is -3.92. The lowest BCUT2D eigenvalue weighted by atomic mass is 9.78. The summed E-state index contributed by atoms with van der Waals surface area (Å²) >= 11 is 0. The molecule has 6 nitrogen and oxygen atoms in total. The third kappa shape index (κ3) is 5.26. The highest BCUT2D eigenvalue weighted by Gasteiger charge is 2.37. The predicted molar refractivity (Wildman–Crippen MR) is 127 cm³/mol. The molecule has 3 aromatic carbocycles. The second-order valence-electron chi connectivity index (χ2n) is 8.86. The monoisotopic (exact) mass is 465 g/mol. The van der Waals surface area contributed by atoms with Crippen LogP contribution in [0.1, 0.15) is 25.0 Å². The summed E-state index contributed by atoms with van der Waals surface area (Å²) in [6, 6.07) is 23.3. The topological polar surface area (TPSA) is 92.7 Å². The van der Waals surface area contributed by atoms with Crippen molar-refractivity contribution in [2.75, 3.05) is 6.54 Å². The molecule has 0 aliphatic carbocycles. The first kappa shape index (κ1) is 23.0. The Morgan fingerprint density at radius 3 is 2.48 bits per heavy atom. The van der Waals surface area contributed by atoms with Crippen LogP contribution in [0.15, 0.2) is 77.7 Å². The number of benzene rings is 3. The maximum absolute atomic E-state index is 12.5. The van der Waals surface area contributed by atoms with E-state index in [0.717, 1.165) is 23.1 Å². The van der Waals surface area contributed by atoms with Crippen molar-refractivity contribution in [1.82, 2.24) is 4.72 Å². The van der Waals surface area contributed by atoms with Gasteiger partial charge in [0.05, 0.1) is 4.90 Å². The molecule has 33 heavy (non-hydrogen) atoms. The first-order chi connectivity index (χ1) is 15.6. The van der Waals surface area contributed by atoms with Crippen LogP contribution in [0, 0.1) is 5.92 Å². The minimum Gasteiger partial charge on any atom is -0.487 e. The lowest BCUT2D eigenvalue weighted by Gasteiger charge is -2.40. The van der Waals surface area contributed by atoms with Crippen LogP contribution in [-0.2, 0) is 27.7 Å². The maximum atomic E-state index is 12.5. The number of ether oxygens (including phenoxy) is 1. The molecule has 4 rings (SSSR count). The average molecular weight is 466 g/mol. The Labute approximate surface area is 194 Å². The number of rotatable bonds is 7. The fourth-order valence-corrected chi connectivity index (χ4v) is 5.24. The van der Waals surface area contributed by atoms with Crippen LogP contribution >= 0.6 is 0 Å². The molecule has 1 aliphatic heterocycles. The molecule has 1 heterocycles. The summed E-state index contributed by atoms with van der Waals surface area (Å²) in [4.78, 5) is 10.8. The van der Waals surface area contributed by atoms with Gasteiger partial charge < -0.3 is 9.84 Å². The zero-order valence-electron chi connectivity index (χ0n) is 18.6. The Balaban J connectivity index is 1.58. The van der Waals surface area contributed by atoms with E-state index in [1.165, 1.54) is 11.6 Å². The van der Waals surface area contributed by atoms with E-state index < -0.39 is 28.1 Å². The molecule has 0 aromatic heterocycles. The van der Waals surface area contributed by atoms with Crippen LogP contribution in [0.2, 0.25) is 0 Å². The van der Waals surface area contributed by atoms with Gasteiger partial charge in [0.15, 0.2) is 0 Å². The highest BCUT2D eigenvalue weighted by Crippen LogP contribution is 2.39. The number of fused-ring (bicyclic) bond motifs is 1. The molecule has 0 fully saturated rings. The van der Waals surface area contributed by atoms with Crippen molar-refractivity contribution >= 4 is 16.0 Å². The number of carbonyl (C=O) groups is 1. The normalized spacial score (nSPS) is 17.1. The predicted octanol–water partition coefficient (Wildman–Crippen LogP) is 4.29. The minimum absolute atomic E-state index is 0.0376. The molecule has 0 spiro atoms. The van der Waals surface area contributed by atoms with Crippen LogP contribution < -0.4 is 9.46 Å². The van der Waals surface area contributed by atoms with Gasteiger partial charge in [-0.25, -0.2) is 8.42 Å². The van der Waals surface area contributed by atoms with Crippen molar-refractivity contribution in [3.05, 3.63) is 83.9 Å². The summed E-state index contributed by atoms with van der Waals surface area (Å²) in [6.07, 6.45) is 1.43. The first-order valence-electron chi connectivity index (χ1n) is 10.8. The Morgan fingerprint density at radius 1 is 1.03 bits per heavy atom. The van der Waals surface area contributed by atoms with Gasteiger partial charge in [-0.2, -0.15) is 4.72 Å². The van der Waals surface area contributed by atoms with Gasteiger partial charge in [0, 0.05) is 5.92 Å². The van der Waals surface area contributed by atoms with E-state index in [4.69, 9.17) is 9.84 Å². The summed E-state index contributed by atoms with van der Waals surface area (Å²) in [5.41, 5.74) is 3.87. The zero-order valence-corrected chi connectivity index (χ0v) is 19.4. The molecular formula is C26H27NO5S. The number of nitrogens with one attached hydrogen (secondary N) is 1. The van der Waals surface area contributed by atoms with E-state index in [2.05, 4.69) is 55.0 Å². The second kappa shape index (κ2) is 9.00. The largest absolute Gasteiger partial charge is 0.487 e. The van der Waals surface area contributed by atoms with Crippen molar-refractivity contribution in [1.29, 1.82) is 0 Å². The summed E-state index contributed by atoms with van der Waals surface area (Å²) in [5.74, 6) is -0.452. The van der Waals surface area contributed by atoms with Gasteiger partial charge in [0.2, 0.25) is 10.0 Å². The van der Waals surface area contributed by atoms with Crippen molar-refractivity contribution in [3.63, 3.8) is 0 Å². The van der Waals surface area contributed by atoms with Gasteiger partial charge in [-0.1, -0.05) is 54.6 Å². The van der Waals surface area contributed by atoms with Crippen LogP contribution in [-0.4, -0.2) is 31.6 Å². The maximum Gasteiger partial charge on any atom is 0.318 e. The Hall–Kier alpha value is -3.16. The Morgan fingerprint density at radius 2 is 1.76 bits per heavy atom. The van der Waals surface area contributed by atoms with Gasteiger partial charge in [-0.3, -0.25) is 4.79 Å². The molecule has 0 bridgehead atoms. The van der Waals surface area contributed by atoms with Crippen molar-refractivity contribution < 1.29 is 23.1 Å². The van der Waals surface area contributed by atoms with Gasteiger partial charge >= 0.3 is 5.97 Å². The average Bonchev–Trinajstić information content (AvgIpc) is 2.78. The van der Waals surface area contributed by atoms with Crippen molar-refractivity contribution in [2.24, 2.45) is 5.92 Å². The molecule has 0 saturated carbocycles. The van der Waals surface area contributed by atoms with E-state index in [0.29, 0.717) is 12.2 Å². The van der Waals surface area contributed by atoms with Gasteiger partial charge in [-0.05, 0) is 67.1 Å². The third-order valence-corrected chi connectivity index (χ3v) is 7.49. The third-order valence-electron chi connectivity index (χ3n) is 6.09. The fraction of sp³-hybridized carbons (Fsp3) is 0.269. The molecule has 2 N–H and O–H groups in total. The molecule has 3 aromatic rings. The molecule has 0 saturated heterocycles. The summed E-state index contributed by atoms with van der Waals surface area (Å²) in [6.45, 7) is 3.45. The smallest absolute Gasteiger partial charge is 0.318 e. The Kier molecular flexibility index (Phi) is 6.28. The molecule has 0 amide bonds. The first-order valence-corrected chi connectivity index (χ1v) is 12.3. The number of hydrogen-bond donors (Lipinski definition) is 2. The number of aliphatic carboxylic acids is 1. The molecular weight excluding hydrogens is 438 g/mol. The number of hydrogen-bond acceptors (Lipinski definition) is 4. The van der Waals surface area contributed by atoms with Crippen LogP contribution in [0.4, 0.5) is 0 Å². The highest BCUT2D eigenvalue weighted by molar-refractivity contribution is 7.89. The van der Waals surface area contributed by atoms with E-state index in [1.807, 2.05) is 18.2 Å². The van der Waals surface area contributed by atoms with E-state index in [-0.39, 0.29) is 10.8 Å². The lowest BCUT2D eigenvalue weighted by molar-refractivity contribution is -0.135.